The Hall–Kier alpha value is -3.48. The molecule has 0 aliphatic rings. The molecule has 138 valence electrons. The van der Waals surface area contributed by atoms with Crippen LogP contribution in [0.5, 0.6) is 0 Å². The molecule has 0 radical (unpaired) electrons. The maximum Gasteiger partial charge on any atom is 0.342 e. The quantitative estimate of drug-likeness (QED) is 0.376. The predicted molar refractivity (Wildman–Crippen MR) is 99.5 cm³/mol. The van der Waals surface area contributed by atoms with E-state index in [1.54, 1.807) is 23.7 Å². The number of ether oxygens (including phenoxy) is 1. The largest absolute Gasteiger partial charge is 0.457 e. The van der Waals surface area contributed by atoms with Crippen LogP contribution >= 0.6 is 0 Å². The fourth-order valence-corrected chi connectivity index (χ4v) is 2.84. The third kappa shape index (κ3) is 4.20. The average Bonchev–Trinajstić information content (AvgIpc) is 2.94. The maximum absolute atomic E-state index is 12.5. The second-order valence-electron chi connectivity index (χ2n) is 6.19. The number of nitro benzene ring substituents is 1. The van der Waals surface area contributed by atoms with Crippen LogP contribution in [0, 0.1) is 24.0 Å². The molecule has 1 aromatic heterocycles. The highest BCUT2D eigenvalue weighted by atomic mass is 16.6. The van der Waals surface area contributed by atoms with Crippen LogP contribution in [-0.4, -0.2) is 20.7 Å². The molecular weight excluding hydrogens is 346 g/mol. The van der Waals surface area contributed by atoms with E-state index in [1.165, 1.54) is 12.1 Å². The van der Waals surface area contributed by atoms with E-state index >= 15 is 0 Å². The Morgan fingerprint density at radius 2 is 1.74 bits per heavy atom. The van der Waals surface area contributed by atoms with Gasteiger partial charge >= 0.3 is 5.97 Å². The molecule has 0 saturated heterocycles. The fraction of sp³-hybridized carbons (Fsp3) is 0.200. The number of hydrogen-bond acceptors (Lipinski definition) is 5. The number of non-ortho nitro benzene ring substituents is 1. The minimum Gasteiger partial charge on any atom is -0.457 e. The topological polar surface area (TPSA) is 87.3 Å². The lowest BCUT2D eigenvalue weighted by Crippen LogP contribution is -2.09. The molecule has 0 amide bonds. The molecule has 0 fully saturated rings. The van der Waals surface area contributed by atoms with Crippen LogP contribution in [0.4, 0.5) is 5.69 Å². The number of carbonyl (C=O) groups is 1. The highest BCUT2D eigenvalue weighted by molar-refractivity contribution is 5.91. The van der Waals surface area contributed by atoms with Crippen molar-refractivity contribution in [1.82, 2.24) is 9.78 Å². The Morgan fingerprint density at radius 1 is 1.07 bits per heavy atom. The third-order valence-electron chi connectivity index (χ3n) is 4.28. The third-order valence-corrected chi connectivity index (χ3v) is 4.28. The molecule has 3 rings (SSSR count). The number of benzene rings is 2. The van der Waals surface area contributed by atoms with E-state index in [9.17, 15) is 14.9 Å². The fourth-order valence-electron chi connectivity index (χ4n) is 2.84. The zero-order chi connectivity index (χ0) is 19.4. The Morgan fingerprint density at radius 3 is 2.37 bits per heavy atom. The van der Waals surface area contributed by atoms with Gasteiger partial charge in [-0.2, -0.15) is 5.10 Å². The number of hydrogen-bond donors (Lipinski definition) is 0. The van der Waals surface area contributed by atoms with Gasteiger partial charge in [-0.05, 0) is 37.1 Å². The maximum atomic E-state index is 12.5. The first-order valence-corrected chi connectivity index (χ1v) is 8.44. The summed E-state index contributed by atoms with van der Waals surface area (Å²) in [6.07, 6.45) is 0. The molecule has 1 heterocycles. The molecule has 3 aromatic rings. The summed E-state index contributed by atoms with van der Waals surface area (Å²) in [4.78, 5) is 22.7. The molecule has 0 bridgehead atoms. The number of aryl methyl sites for hydroxylation is 1. The van der Waals surface area contributed by atoms with Gasteiger partial charge in [-0.3, -0.25) is 14.8 Å². The monoisotopic (exact) mass is 365 g/mol. The Bertz CT molecular complexity index is 963. The van der Waals surface area contributed by atoms with Crippen LogP contribution in [0.2, 0.25) is 0 Å². The zero-order valence-corrected chi connectivity index (χ0v) is 15.1. The first-order chi connectivity index (χ1) is 13.0. The lowest BCUT2D eigenvalue weighted by molar-refractivity contribution is -0.384. The van der Waals surface area contributed by atoms with Crippen LogP contribution in [0.3, 0.4) is 0 Å². The van der Waals surface area contributed by atoms with E-state index in [0.29, 0.717) is 23.4 Å². The number of aromatic nitrogens is 2. The van der Waals surface area contributed by atoms with Crippen molar-refractivity contribution < 1.29 is 14.5 Å². The van der Waals surface area contributed by atoms with Crippen LogP contribution in [0.15, 0.2) is 54.6 Å². The SMILES string of the molecule is Cc1nn(Cc2ccccc2)c(C)c1C(=O)OCc1ccc([N+](=O)[O-])cc1. The average molecular weight is 365 g/mol. The molecule has 0 aliphatic carbocycles. The number of carbonyl (C=O) groups excluding carboxylic acids is 1. The molecule has 0 spiro atoms. The second kappa shape index (κ2) is 7.82. The lowest BCUT2D eigenvalue weighted by Gasteiger charge is -2.07. The summed E-state index contributed by atoms with van der Waals surface area (Å²) < 4.78 is 7.16. The molecule has 0 saturated carbocycles. The highest BCUT2D eigenvalue weighted by Crippen LogP contribution is 2.18. The summed E-state index contributed by atoms with van der Waals surface area (Å²) in [5.74, 6) is -0.456. The van der Waals surface area contributed by atoms with Crippen LogP contribution < -0.4 is 0 Å². The first-order valence-electron chi connectivity index (χ1n) is 8.44. The summed E-state index contributed by atoms with van der Waals surface area (Å²) in [6, 6.07) is 15.8. The van der Waals surface area contributed by atoms with Crippen molar-refractivity contribution in [1.29, 1.82) is 0 Å². The minimum atomic E-state index is -0.469. The van der Waals surface area contributed by atoms with Gasteiger partial charge in [-0.25, -0.2) is 4.79 Å². The number of esters is 1. The molecule has 2 aromatic carbocycles. The van der Waals surface area contributed by atoms with E-state index in [2.05, 4.69) is 5.10 Å². The van der Waals surface area contributed by atoms with Crippen molar-refractivity contribution in [2.45, 2.75) is 27.0 Å². The molecule has 0 unspecified atom stereocenters. The Labute approximate surface area is 156 Å². The molecule has 7 heteroatoms. The van der Waals surface area contributed by atoms with E-state index in [0.717, 1.165) is 11.3 Å². The summed E-state index contributed by atoms with van der Waals surface area (Å²) in [6.45, 7) is 4.23. The van der Waals surface area contributed by atoms with Crippen molar-refractivity contribution in [3.8, 4) is 0 Å². The van der Waals surface area contributed by atoms with Crippen molar-refractivity contribution in [3.05, 3.63) is 92.8 Å². The van der Waals surface area contributed by atoms with Gasteiger partial charge in [0.1, 0.15) is 12.2 Å². The zero-order valence-electron chi connectivity index (χ0n) is 15.1. The molecule has 7 nitrogen and oxygen atoms in total. The van der Waals surface area contributed by atoms with Gasteiger partial charge in [0, 0.05) is 12.1 Å². The van der Waals surface area contributed by atoms with E-state index in [-0.39, 0.29) is 12.3 Å². The van der Waals surface area contributed by atoms with Crippen molar-refractivity contribution >= 4 is 11.7 Å². The molecular formula is C20H19N3O4. The van der Waals surface area contributed by atoms with Gasteiger partial charge in [0.2, 0.25) is 0 Å². The van der Waals surface area contributed by atoms with Crippen LogP contribution in [-0.2, 0) is 17.9 Å². The second-order valence-corrected chi connectivity index (χ2v) is 6.19. The number of nitro groups is 1. The van der Waals surface area contributed by atoms with Gasteiger partial charge in [-0.1, -0.05) is 30.3 Å². The van der Waals surface area contributed by atoms with Crippen LogP contribution in [0.1, 0.15) is 32.9 Å². The highest BCUT2D eigenvalue weighted by Gasteiger charge is 2.20. The van der Waals surface area contributed by atoms with Crippen LogP contribution in [0.25, 0.3) is 0 Å². The molecule has 27 heavy (non-hydrogen) atoms. The Balaban J connectivity index is 1.70. The summed E-state index contributed by atoms with van der Waals surface area (Å²) in [5.41, 5.74) is 3.57. The minimum absolute atomic E-state index is 0.000969. The number of nitrogens with zero attached hydrogens (tertiary/aromatic N) is 3. The number of rotatable bonds is 6. The van der Waals surface area contributed by atoms with Gasteiger partial charge in [0.15, 0.2) is 0 Å². The predicted octanol–water partition coefficient (Wildman–Crippen LogP) is 3.81. The van der Waals surface area contributed by atoms with E-state index in [4.69, 9.17) is 4.74 Å². The summed E-state index contributed by atoms with van der Waals surface area (Å²) in [7, 11) is 0. The molecule has 0 N–H and O–H groups in total. The van der Waals surface area contributed by atoms with Crippen molar-refractivity contribution in [2.75, 3.05) is 0 Å². The van der Waals surface area contributed by atoms with E-state index in [1.807, 2.05) is 37.3 Å². The van der Waals surface area contributed by atoms with Gasteiger partial charge in [0.25, 0.3) is 5.69 Å². The summed E-state index contributed by atoms with van der Waals surface area (Å²) >= 11 is 0. The molecule has 0 aliphatic heterocycles. The van der Waals surface area contributed by atoms with Gasteiger partial charge < -0.3 is 4.74 Å². The van der Waals surface area contributed by atoms with Crippen molar-refractivity contribution in [3.63, 3.8) is 0 Å². The normalized spacial score (nSPS) is 10.6. The van der Waals surface area contributed by atoms with Crippen molar-refractivity contribution in [2.24, 2.45) is 0 Å². The van der Waals surface area contributed by atoms with E-state index < -0.39 is 10.9 Å². The first kappa shape index (κ1) is 18.3. The standard InChI is InChI=1S/C20H19N3O4/c1-14-19(15(2)22(21-14)12-16-6-4-3-5-7-16)20(24)27-13-17-8-10-18(11-9-17)23(25)26/h3-11H,12-13H2,1-2H3. The molecule has 0 atom stereocenters. The van der Waals surface area contributed by atoms with Gasteiger partial charge in [-0.15, -0.1) is 0 Å². The van der Waals surface area contributed by atoms with Gasteiger partial charge in [0.05, 0.1) is 22.9 Å². The lowest BCUT2D eigenvalue weighted by atomic mass is 10.2. The summed E-state index contributed by atoms with van der Waals surface area (Å²) in [5, 5.41) is 15.1. The Kier molecular flexibility index (Phi) is 5.30. The smallest absolute Gasteiger partial charge is 0.342 e.